The van der Waals surface area contributed by atoms with Gasteiger partial charge >= 0.3 is 0 Å². The summed E-state index contributed by atoms with van der Waals surface area (Å²) in [4.78, 5) is 2.31. The molecule has 1 aliphatic heterocycles. The highest BCUT2D eigenvalue weighted by Gasteiger charge is 2.29. The minimum Gasteiger partial charge on any atom is -0.321 e. The molecule has 2 heterocycles. The van der Waals surface area contributed by atoms with Crippen molar-refractivity contribution in [2.24, 2.45) is 0 Å². The second-order valence-corrected chi connectivity index (χ2v) is 5.26. The molecule has 0 bridgehead atoms. The highest BCUT2D eigenvalue weighted by atomic mass is 15.2. The van der Waals surface area contributed by atoms with Crippen LogP contribution in [-0.4, -0.2) is 23.1 Å². The maximum Gasteiger partial charge on any atom is 0.131 e. The molecule has 0 aliphatic carbocycles. The predicted octanol–water partition coefficient (Wildman–Crippen LogP) is 3.13. The van der Waals surface area contributed by atoms with Crippen molar-refractivity contribution < 1.29 is 0 Å². The van der Waals surface area contributed by atoms with Gasteiger partial charge in [-0.1, -0.05) is 13.5 Å². The van der Waals surface area contributed by atoms with Crippen molar-refractivity contribution in [3.05, 3.63) is 35.2 Å². The molecule has 0 spiro atoms. The van der Waals surface area contributed by atoms with Crippen molar-refractivity contribution in [2.45, 2.75) is 25.8 Å². The molecule has 2 rings (SSSR count). The lowest BCUT2D eigenvalue weighted by molar-refractivity contribution is 0.226. The van der Waals surface area contributed by atoms with E-state index in [1.54, 1.807) is 12.3 Å². The molecule has 1 aliphatic rings. The molecule has 0 saturated carbocycles. The van der Waals surface area contributed by atoms with Crippen LogP contribution in [0.2, 0.25) is 0 Å². The van der Waals surface area contributed by atoms with Crippen molar-refractivity contribution in [2.75, 3.05) is 13.6 Å². The normalized spacial score (nSPS) is 21.4. The average molecular weight is 266 g/mol. The zero-order chi connectivity index (χ0) is 14.9. The zero-order valence-corrected chi connectivity index (χ0v) is 12.1. The largest absolute Gasteiger partial charge is 0.321 e. The van der Waals surface area contributed by atoms with Gasteiger partial charge in [-0.15, -0.1) is 0 Å². The van der Waals surface area contributed by atoms with E-state index in [9.17, 15) is 0 Å². The van der Waals surface area contributed by atoms with Crippen molar-refractivity contribution in [3.63, 3.8) is 0 Å². The molecule has 0 saturated heterocycles. The van der Waals surface area contributed by atoms with Crippen LogP contribution in [0.25, 0.3) is 12.3 Å². The molecule has 1 aromatic rings. The summed E-state index contributed by atoms with van der Waals surface area (Å²) in [6.45, 7) is 9.20. The van der Waals surface area contributed by atoms with Gasteiger partial charge in [-0.2, -0.15) is 10.5 Å². The zero-order valence-electron chi connectivity index (χ0n) is 12.1. The Balaban J connectivity index is 2.64. The van der Waals surface area contributed by atoms with Crippen LogP contribution in [-0.2, 0) is 0 Å². The number of nitrogens with zero attached hydrogens (tertiary/aromatic N) is 4. The second kappa shape index (κ2) is 5.36. The van der Waals surface area contributed by atoms with Crippen LogP contribution in [0.4, 0.5) is 0 Å². The van der Waals surface area contributed by atoms with Gasteiger partial charge in [0, 0.05) is 36.1 Å². The van der Waals surface area contributed by atoms with Gasteiger partial charge in [0.2, 0.25) is 0 Å². The number of rotatable bonds is 2. The van der Waals surface area contributed by atoms with Gasteiger partial charge in [-0.05, 0) is 31.7 Å². The molecule has 0 fully saturated rings. The van der Waals surface area contributed by atoms with Crippen LogP contribution in [0.15, 0.2) is 18.2 Å². The fraction of sp³-hybridized carbons (Fsp3) is 0.375. The summed E-state index contributed by atoms with van der Waals surface area (Å²) >= 11 is 0. The Hall–Kier alpha value is -2.30. The fourth-order valence-electron chi connectivity index (χ4n) is 2.90. The van der Waals surface area contributed by atoms with E-state index in [-0.39, 0.29) is 5.57 Å². The first kappa shape index (κ1) is 14.1. The Morgan fingerprint density at radius 1 is 1.40 bits per heavy atom. The molecule has 2 atom stereocenters. The Labute approximate surface area is 119 Å². The number of likely N-dealkylation sites (N-methyl/N-ethyl adjacent to an activating group) is 1. The Morgan fingerprint density at radius 3 is 2.60 bits per heavy atom. The van der Waals surface area contributed by atoms with Gasteiger partial charge in [0.15, 0.2) is 0 Å². The van der Waals surface area contributed by atoms with Crippen LogP contribution in [0.5, 0.6) is 0 Å². The van der Waals surface area contributed by atoms with Crippen LogP contribution in [0.3, 0.4) is 0 Å². The summed E-state index contributed by atoms with van der Waals surface area (Å²) in [5.41, 5.74) is 3.42. The summed E-state index contributed by atoms with van der Waals surface area (Å²) < 4.78 is 2.00. The number of hydrogen-bond donors (Lipinski definition) is 0. The Morgan fingerprint density at radius 2 is 2.05 bits per heavy atom. The molecule has 4 heteroatoms. The average Bonchev–Trinajstić information content (AvgIpc) is 2.81. The van der Waals surface area contributed by atoms with E-state index in [1.165, 1.54) is 11.3 Å². The number of fused-ring (bicyclic) bond motifs is 1. The van der Waals surface area contributed by atoms with Crippen molar-refractivity contribution >= 4 is 12.3 Å². The van der Waals surface area contributed by atoms with E-state index in [0.717, 1.165) is 12.2 Å². The number of hydrogen-bond acceptors (Lipinski definition) is 3. The fourth-order valence-corrected chi connectivity index (χ4v) is 2.90. The number of aromatic nitrogens is 1. The lowest BCUT2D eigenvalue weighted by Crippen LogP contribution is -2.32. The summed E-state index contributed by atoms with van der Waals surface area (Å²) in [7, 11) is 2.11. The molecule has 2 unspecified atom stereocenters. The third-order valence-electron chi connectivity index (χ3n) is 3.99. The van der Waals surface area contributed by atoms with Crippen molar-refractivity contribution in [1.29, 1.82) is 10.5 Å². The molecule has 0 amide bonds. The standard InChI is InChI=1S/C16H18N4/c1-5-20-14(6-13(8-17)9-18)7-15-12(3)19(4)10-11(2)16(15)20/h5-7,11-12H,1,10H2,2-4H3. The molecule has 1 aromatic heterocycles. The number of allylic oxidation sites excluding steroid dienone is 1. The summed E-state index contributed by atoms with van der Waals surface area (Å²) in [5, 5.41) is 17.8. The maximum atomic E-state index is 8.92. The lowest BCUT2D eigenvalue weighted by Gasteiger charge is -2.34. The molecule has 102 valence electrons. The number of nitriles is 2. The monoisotopic (exact) mass is 266 g/mol. The predicted molar refractivity (Wildman–Crippen MR) is 79.5 cm³/mol. The van der Waals surface area contributed by atoms with Gasteiger partial charge in [-0.25, -0.2) is 0 Å². The highest BCUT2D eigenvalue weighted by Crippen LogP contribution is 2.37. The third-order valence-corrected chi connectivity index (χ3v) is 3.99. The van der Waals surface area contributed by atoms with E-state index < -0.39 is 0 Å². The maximum absolute atomic E-state index is 8.92. The lowest BCUT2D eigenvalue weighted by atomic mass is 9.93. The van der Waals surface area contributed by atoms with E-state index in [2.05, 4.69) is 38.4 Å². The van der Waals surface area contributed by atoms with Crippen LogP contribution >= 0.6 is 0 Å². The molecule has 4 nitrogen and oxygen atoms in total. The first-order chi connectivity index (χ1) is 9.53. The van der Waals surface area contributed by atoms with Crippen LogP contribution < -0.4 is 0 Å². The van der Waals surface area contributed by atoms with Crippen molar-refractivity contribution in [1.82, 2.24) is 9.47 Å². The van der Waals surface area contributed by atoms with Gasteiger partial charge in [0.25, 0.3) is 0 Å². The van der Waals surface area contributed by atoms with Crippen LogP contribution in [0.1, 0.15) is 42.8 Å². The third kappa shape index (κ3) is 2.15. The minimum atomic E-state index is 0.108. The van der Waals surface area contributed by atoms with E-state index >= 15 is 0 Å². The molecule has 20 heavy (non-hydrogen) atoms. The molecule has 0 N–H and O–H groups in total. The van der Waals surface area contributed by atoms with Gasteiger partial charge in [0.05, 0.1) is 0 Å². The molecular weight excluding hydrogens is 248 g/mol. The van der Waals surface area contributed by atoms with Crippen molar-refractivity contribution in [3.8, 4) is 12.1 Å². The summed E-state index contributed by atoms with van der Waals surface area (Å²) in [6.07, 6.45) is 3.38. The van der Waals surface area contributed by atoms with Gasteiger partial charge < -0.3 is 4.57 Å². The summed E-state index contributed by atoms with van der Waals surface area (Å²) in [6, 6.07) is 6.19. The highest BCUT2D eigenvalue weighted by molar-refractivity contribution is 5.64. The first-order valence-corrected chi connectivity index (χ1v) is 6.63. The molecule has 0 aromatic carbocycles. The molecule has 0 radical (unpaired) electrons. The Bertz CT molecular complexity index is 635. The smallest absolute Gasteiger partial charge is 0.131 e. The SMILES string of the molecule is C=Cn1c(C=C(C#N)C#N)cc2c1C(C)CN(C)C2C. The van der Waals surface area contributed by atoms with Gasteiger partial charge in [-0.3, -0.25) is 4.90 Å². The van der Waals surface area contributed by atoms with E-state index in [0.29, 0.717) is 12.0 Å². The van der Waals surface area contributed by atoms with Crippen LogP contribution in [0, 0.1) is 22.7 Å². The topological polar surface area (TPSA) is 55.8 Å². The Kier molecular flexibility index (Phi) is 3.79. The quantitative estimate of drug-likeness (QED) is 0.773. The minimum absolute atomic E-state index is 0.108. The van der Waals surface area contributed by atoms with E-state index in [1.807, 2.05) is 16.7 Å². The summed E-state index contributed by atoms with van der Waals surface area (Å²) in [5.74, 6) is 0.388. The first-order valence-electron chi connectivity index (χ1n) is 6.63. The molecular formula is C16H18N4. The van der Waals surface area contributed by atoms with Gasteiger partial charge in [0.1, 0.15) is 17.7 Å². The van der Waals surface area contributed by atoms with E-state index in [4.69, 9.17) is 10.5 Å². The second-order valence-electron chi connectivity index (χ2n) is 5.26.